The molecule has 0 aliphatic carbocycles. The molecular weight excluding hydrogens is 160 g/mol. The molecule has 1 N–H and O–H groups in total. The minimum absolute atomic E-state index is 0.240. The summed E-state index contributed by atoms with van der Waals surface area (Å²) in [4.78, 5) is 0. The van der Waals surface area contributed by atoms with Gasteiger partial charge < -0.3 is 14.0 Å². The fourth-order valence-corrected chi connectivity index (χ4v) is 2.53. The molecular formula is C7H18O3Si. The molecule has 4 heteroatoms. The minimum Gasteiger partial charge on any atom is -0.397 e. The molecule has 0 atom stereocenters. The highest BCUT2D eigenvalue weighted by molar-refractivity contribution is 6.44. The molecule has 0 aromatic rings. The Morgan fingerprint density at radius 1 is 1.18 bits per heavy atom. The van der Waals surface area contributed by atoms with Gasteiger partial charge in [0.25, 0.3) is 0 Å². The van der Waals surface area contributed by atoms with Gasteiger partial charge in [-0.2, -0.15) is 0 Å². The van der Waals surface area contributed by atoms with Crippen molar-refractivity contribution in [1.29, 1.82) is 0 Å². The summed E-state index contributed by atoms with van der Waals surface area (Å²) in [6.07, 6.45) is 0.802. The summed E-state index contributed by atoms with van der Waals surface area (Å²) in [6.45, 7) is 5.63. The van der Waals surface area contributed by atoms with Crippen molar-refractivity contribution in [3.63, 3.8) is 0 Å². The van der Waals surface area contributed by atoms with Crippen molar-refractivity contribution < 1.29 is 14.0 Å². The van der Waals surface area contributed by atoms with Gasteiger partial charge in [-0.1, -0.05) is 0 Å². The maximum absolute atomic E-state index is 8.56. The maximum Gasteiger partial charge on any atom is 0.321 e. The first-order valence-electron chi connectivity index (χ1n) is 4.19. The molecule has 0 heterocycles. The van der Waals surface area contributed by atoms with Crippen molar-refractivity contribution in [2.75, 3.05) is 19.8 Å². The number of aliphatic hydroxyl groups excluding tert-OH is 1. The lowest BCUT2D eigenvalue weighted by atomic mass is 10.5. The summed E-state index contributed by atoms with van der Waals surface area (Å²) in [5.41, 5.74) is 0. The molecule has 0 aromatic heterocycles. The van der Waals surface area contributed by atoms with E-state index in [1.54, 1.807) is 0 Å². The Kier molecular flexibility index (Phi) is 8.27. The second kappa shape index (κ2) is 8.20. The molecule has 0 unspecified atom stereocenters. The predicted octanol–water partition coefficient (Wildman–Crippen LogP) is 0.662. The topological polar surface area (TPSA) is 38.7 Å². The van der Waals surface area contributed by atoms with Crippen molar-refractivity contribution in [2.24, 2.45) is 0 Å². The average molecular weight is 178 g/mol. The van der Waals surface area contributed by atoms with Crippen molar-refractivity contribution in [3.8, 4) is 0 Å². The molecule has 11 heavy (non-hydrogen) atoms. The smallest absolute Gasteiger partial charge is 0.321 e. The van der Waals surface area contributed by atoms with Gasteiger partial charge in [-0.25, -0.2) is 0 Å². The maximum atomic E-state index is 8.56. The number of aliphatic hydroxyl groups is 1. The average Bonchev–Trinajstić information content (AvgIpc) is 2.01. The van der Waals surface area contributed by atoms with Gasteiger partial charge in [-0.05, 0) is 26.3 Å². The lowest BCUT2D eigenvalue weighted by Gasteiger charge is -2.13. The van der Waals surface area contributed by atoms with E-state index in [0.717, 1.165) is 25.7 Å². The molecule has 0 saturated heterocycles. The molecule has 0 bridgehead atoms. The van der Waals surface area contributed by atoms with E-state index in [2.05, 4.69) is 0 Å². The zero-order valence-corrected chi connectivity index (χ0v) is 8.53. The largest absolute Gasteiger partial charge is 0.397 e. The predicted molar refractivity (Wildman–Crippen MR) is 46.9 cm³/mol. The van der Waals surface area contributed by atoms with E-state index in [4.69, 9.17) is 14.0 Å². The van der Waals surface area contributed by atoms with E-state index in [-0.39, 0.29) is 6.61 Å². The van der Waals surface area contributed by atoms with Gasteiger partial charge >= 0.3 is 9.28 Å². The highest BCUT2D eigenvalue weighted by Gasteiger charge is 2.10. The molecule has 0 aliphatic rings. The fraction of sp³-hybridized carbons (Fsp3) is 1.00. The number of rotatable bonds is 7. The van der Waals surface area contributed by atoms with Crippen LogP contribution in [0.2, 0.25) is 6.04 Å². The molecule has 68 valence electrons. The third-order valence-electron chi connectivity index (χ3n) is 1.30. The van der Waals surface area contributed by atoms with Crippen LogP contribution in [0.25, 0.3) is 0 Å². The second-order valence-electron chi connectivity index (χ2n) is 2.21. The van der Waals surface area contributed by atoms with E-state index in [1.165, 1.54) is 0 Å². The van der Waals surface area contributed by atoms with Gasteiger partial charge in [0.05, 0.1) is 0 Å². The van der Waals surface area contributed by atoms with Crippen LogP contribution in [-0.2, 0) is 8.85 Å². The number of hydrogen-bond acceptors (Lipinski definition) is 3. The van der Waals surface area contributed by atoms with Gasteiger partial charge in [0.15, 0.2) is 0 Å². The van der Waals surface area contributed by atoms with E-state index < -0.39 is 9.28 Å². The molecule has 0 aliphatic heterocycles. The van der Waals surface area contributed by atoms with E-state index >= 15 is 0 Å². The summed E-state index contributed by atoms with van der Waals surface area (Å²) in [5, 5.41) is 8.56. The van der Waals surface area contributed by atoms with Crippen LogP contribution in [0.15, 0.2) is 0 Å². The molecule has 0 amide bonds. The Labute approximate surface area is 70.2 Å². The Morgan fingerprint density at radius 2 is 1.73 bits per heavy atom. The highest BCUT2D eigenvalue weighted by Crippen LogP contribution is 2.00. The SMILES string of the molecule is CCO[SiH](CCCO)OCC. The lowest BCUT2D eigenvalue weighted by molar-refractivity contribution is 0.208. The monoisotopic (exact) mass is 178 g/mol. The normalized spacial score (nSPS) is 10.9. The van der Waals surface area contributed by atoms with Crippen LogP contribution in [0.4, 0.5) is 0 Å². The first kappa shape index (κ1) is 11.1. The quantitative estimate of drug-likeness (QED) is 0.582. The first-order chi connectivity index (χ1) is 5.35. The summed E-state index contributed by atoms with van der Waals surface area (Å²) >= 11 is 0. The van der Waals surface area contributed by atoms with Crippen molar-refractivity contribution in [2.45, 2.75) is 26.3 Å². The molecule has 3 nitrogen and oxygen atoms in total. The van der Waals surface area contributed by atoms with Crippen molar-refractivity contribution in [3.05, 3.63) is 0 Å². The minimum atomic E-state index is -1.41. The summed E-state index contributed by atoms with van der Waals surface area (Å²) in [7, 11) is -1.41. The summed E-state index contributed by atoms with van der Waals surface area (Å²) < 4.78 is 10.8. The van der Waals surface area contributed by atoms with Gasteiger partial charge in [0, 0.05) is 19.8 Å². The van der Waals surface area contributed by atoms with Crippen molar-refractivity contribution in [1.82, 2.24) is 0 Å². The Hall–Kier alpha value is 0.0969. The van der Waals surface area contributed by atoms with Crippen LogP contribution in [0.5, 0.6) is 0 Å². The molecule has 0 saturated carbocycles. The van der Waals surface area contributed by atoms with Gasteiger partial charge in [-0.15, -0.1) is 0 Å². The van der Waals surface area contributed by atoms with Crippen LogP contribution in [0.3, 0.4) is 0 Å². The summed E-state index contributed by atoms with van der Waals surface area (Å²) in [5.74, 6) is 0. The molecule has 0 aromatic carbocycles. The molecule has 0 rings (SSSR count). The van der Waals surface area contributed by atoms with Crippen LogP contribution in [0.1, 0.15) is 20.3 Å². The Balaban J connectivity index is 3.34. The van der Waals surface area contributed by atoms with E-state index in [9.17, 15) is 0 Å². The highest BCUT2D eigenvalue weighted by atomic mass is 28.3. The van der Waals surface area contributed by atoms with Crippen LogP contribution in [-0.4, -0.2) is 34.2 Å². The van der Waals surface area contributed by atoms with E-state index in [1.807, 2.05) is 13.8 Å². The van der Waals surface area contributed by atoms with Crippen LogP contribution in [0, 0.1) is 0 Å². The fourth-order valence-electron chi connectivity index (χ4n) is 0.845. The standard InChI is InChI=1S/C7H18O3Si/c1-3-9-11(10-4-2)7-5-6-8/h8,11H,3-7H2,1-2H3. The third kappa shape index (κ3) is 6.49. The van der Waals surface area contributed by atoms with Crippen molar-refractivity contribution >= 4 is 9.28 Å². The lowest BCUT2D eigenvalue weighted by Crippen LogP contribution is -2.22. The first-order valence-corrected chi connectivity index (χ1v) is 5.95. The number of hydrogen-bond donors (Lipinski definition) is 1. The molecule has 0 spiro atoms. The second-order valence-corrected chi connectivity index (χ2v) is 4.31. The van der Waals surface area contributed by atoms with Crippen LogP contribution < -0.4 is 0 Å². The third-order valence-corrected chi connectivity index (χ3v) is 3.59. The zero-order valence-electron chi connectivity index (χ0n) is 7.38. The van der Waals surface area contributed by atoms with Gasteiger partial charge in [0.2, 0.25) is 0 Å². The van der Waals surface area contributed by atoms with Gasteiger partial charge in [-0.3, -0.25) is 0 Å². The zero-order chi connectivity index (χ0) is 8.53. The Bertz CT molecular complexity index is 74.1. The summed E-state index contributed by atoms with van der Waals surface area (Å²) in [6, 6.07) is 0.915. The van der Waals surface area contributed by atoms with E-state index in [0.29, 0.717) is 0 Å². The molecule has 0 fully saturated rings. The molecule has 0 radical (unpaired) electrons. The van der Waals surface area contributed by atoms with Crippen LogP contribution >= 0.6 is 0 Å². The Morgan fingerprint density at radius 3 is 2.09 bits per heavy atom. The van der Waals surface area contributed by atoms with Gasteiger partial charge in [0.1, 0.15) is 0 Å².